The quantitative estimate of drug-likeness (QED) is 0.683. The van der Waals surface area contributed by atoms with Crippen LogP contribution in [0.2, 0.25) is 5.02 Å². The fraction of sp³-hybridized carbons (Fsp3) is 0.176. The molecule has 0 aliphatic carbocycles. The Morgan fingerprint density at radius 1 is 1.24 bits per heavy atom. The largest absolute Gasteiger partial charge is 0.497 e. The Bertz CT molecular complexity index is 674. The van der Waals surface area contributed by atoms with Gasteiger partial charge in [-0.25, -0.2) is 0 Å². The Labute approximate surface area is 134 Å². The first-order valence-electron chi connectivity index (χ1n) is 6.38. The summed E-state index contributed by atoms with van der Waals surface area (Å²) in [5.41, 5.74) is 1.97. The highest BCUT2D eigenvalue weighted by atomic mass is 35.5. The van der Waals surface area contributed by atoms with E-state index >= 15 is 0 Å². The Hall–Kier alpha value is -1.60. The standard InChI is InChI=1S/C17H15ClO2S/c1-20-16-8-7-13(4-3-9-19)14(10-16)12-21-17-6-2-5-15(18)11-17/h2,5-8,10-11,19H,9,12H2,1H3. The molecular weight excluding hydrogens is 304 g/mol. The summed E-state index contributed by atoms with van der Waals surface area (Å²) in [6.07, 6.45) is 0. The van der Waals surface area contributed by atoms with Gasteiger partial charge in [0, 0.05) is 21.2 Å². The van der Waals surface area contributed by atoms with Crippen molar-refractivity contribution in [3.8, 4) is 17.6 Å². The normalized spacial score (nSPS) is 9.86. The third kappa shape index (κ3) is 4.71. The zero-order chi connectivity index (χ0) is 15.1. The molecule has 0 aliphatic rings. The summed E-state index contributed by atoms with van der Waals surface area (Å²) >= 11 is 7.67. The predicted molar refractivity (Wildman–Crippen MR) is 88.0 cm³/mol. The van der Waals surface area contributed by atoms with Gasteiger partial charge in [0.1, 0.15) is 12.4 Å². The van der Waals surface area contributed by atoms with Crippen molar-refractivity contribution in [1.29, 1.82) is 0 Å². The lowest BCUT2D eigenvalue weighted by Crippen LogP contribution is -1.91. The van der Waals surface area contributed by atoms with Crippen LogP contribution in [0, 0.1) is 11.8 Å². The number of methoxy groups -OCH3 is 1. The van der Waals surface area contributed by atoms with E-state index in [2.05, 4.69) is 11.8 Å². The van der Waals surface area contributed by atoms with Crippen LogP contribution in [0.4, 0.5) is 0 Å². The maximum Gasteiger partial charge on any atom is 0.119 e. The highest BCUT2D eigenvalue weighted by Gasteiger charge is 2.04. The van der Waals surface area contributed by atoms with Gasteiger partial charge in [-0.05, 0) is 42.0 Å². The molecule has 0 aliphatic heterocycles. The molecule has 0 bridgehead atoms. The predicted octanol–water partition coefficient (Wildman–Crippen LogP) is 3.98. The molecule has 0 fully saturated rings. The van der Waals surface area contributed by atoms with Crippen molar-refractivity contribution in [1.82, 2.24) is 0 Å². The van der Waals surface area contributed by atoms with Gasteiger partial charge in [0.2, 0.25) is 0 Å². The van der Waals surface area contributed by atoms with E-state index in [1.807, 2.05) is 42.5 Å². The number of benzene rings is 2. The molecule has 0 amide bonds. The zero-order valence-electron chi connectivity index (χ0n) is 11.6. The molecule has 0 aromatic heterocycles. The van der Waals surface area contributed by atoms with Crippen LogP contribution in [0.3, 0.4) is 0 Å². The van der Waals surface area contributed by atoms with Crippen molar-refractivity contribution in [2.24, 2.45) is 0 Å². The Morgan fingerprint density at radius 2 is 2.10 bits per heavy atom. The van der Waals surface area contributed by atoms with Crippen LogP contribution in [0.25, 0.3) is 0 Å². The highest BCUT2D eigenvalue weighted by Crippen LogP contribution is 2.28. The topological polar surface area (TPSA) is 29.5 Å². The average Bonchev–Trinajstić information content (AvgIpc) is 2.51. The number of rotatable bonds is 4. The van der Waals surface area contributed by atoms with Crippen LogP contribution in [0.15, 0.2) is 47.4 Å². The maximum absolute atomic E-state index is 8.84. The van der Waals surface area contributed by atoms with E-state index in [0.717, 1.165) is 32.5 Å². The van der Waals surface area contributed by atoms with Gasteiger partial charge >= 0.3 is 0 Å². The molecule has 0 heterocycles. The minimum atomic E-state index is -0.146. The molecule has 0 atom stereocenters. The van der Waals surface area contributed by atoms with E-state index in [-0.39, 0.29) is 6.61 Å². The minimum absolute atomic E-state index is 0.146. The lowest BCUT2D eigenvalue weighted by Gasteiger charge is -2.08. The Morgan fingerprint density at radius 3 is 2.81 bits per heavy atom. The summed E-state index contributed by atoms with van der Waals surface area (Å²) in [5, 5.41) is 9.57. The van der Waals surface area contributed by atoms with Crippen molar-refractivity contribution < 1.29 is 9.84 Å². The molecule has 0 unspecified atom stereocenters. The van der Waals surface area contributed by atoms with E-state index < -0.39 is 0 Å². The molecule has 4 heteroatoms. The molecule has 2 nitrogen and oxygen atoms in total. The summed E-state index contributed by atoms with van der Waals surface area (Å²) in [7, 11) is 1.64. The highest BCUT2D eigenvalue weighted by molar-refractivity contribution is 7.98. The van der Waals surface area contributed by atoms with E-state index in [9.17, 15) is 0 Å². The van der Waals surface area contributed by atoms with Gasteiger partial charge in [-0.2, -0.15) is 0 Å². The van der Waals surface area contributed by atoms with Crippen molar-refractivity contribution in [2.75, 3.05) is 13.7 Å². The Kier molecular flexibility index (Phi) is 6.01. The summed E-state index contributed by atoms with van der Waals surface area (Å²) in [4.78, 5) is 1.10. The number of ether oxygens (including phenoxy) is 1. The second kappa shape index (κ2) is 7.99. The van der Waals surface area contributed by atoms with Gasteiger partial charge in [-0.3, -0.25) is 0 Å². The third-order valence-electron chi connectivity index (χ3n) is 2.80. The first-order chi connectivity index (χ1) is 10.2. The molecule has 2 aromatic rings. The summed E-state index contributed by atoms with van der Waals surface area (Å²) < 4.78 is 5.26. The van der Waals surface area contributed by atoms with Gasteiger partial charge in [-0.1, -0.05) is 29.5 Å². The van der Waals surface area contributed by atoms with Crippen LogP contribution in [0.5, 0.6) is 5.75 Å². The smallest absolute Gasteiger partial charge is 0.119 e. The molecule has 0 saturated heterocycles. The van der Waals surface area contributed by atoms with E-state index in [1.54, 1.807) is 18.9 Å². The lowest BCUT2D eigenvalue weighted by atomic mass is 10.1. The fourth-order valence-electron chi connectivity index (χ4n) is 1.79. The van der Waals surface area contributed by atoms with Crippen LogP contribution in [0.1, 0.15) is 11.1 Å². The number of hydrogen-bond acceptors (Lipinski definition) is 3. The first-order valence-corrected chi connectivity index (χ1v) is 7.74. The average molecular weight is 319 g/mol. The second-order valence-electron chi connectivity index (χ2n) is 4.23. The minimum Gasteiger partial charge on any atom is -0.497 e. The number of aliphatic hydroxyl groups is 1. The van der Waals surface area contributed by atoms with Gasteiger partial charge in [0.25, 0.3) is 0 Å². The van der Waals surface area contributed by atoms with Crippen LogP contribution >= 0.6 is 23.4 Å². The molecule has 2 rings (SSSR count). The molecular formula is C17H15ClO2S. The van der Waals surface area contributed by atoms with Gasteiger partial charge in [0.15, 0.2) is 0 Å². The van der Waals surface area contributed by atoms with Crippen molar-refractivity contribution in [2.45, 2.75) is 10.6 Å². The van der Waals surface area contributed by atoms with Crippen LogP contribution in [-0.4, -0.2) is 18.8 Å². The van der Waals surface area contributed by atoms with E-state index in [0.29, 0.717) is 0 Å². The first kappa shape index (κ1) is 15.8. The van der Waals surface area contributed by atoms with Crippen molar-refractivity contribution in [3.63, 3.8) is 0 Å². The fourth-order valence-corrected chi connectivity index (χ4v) is 2.99. The van der Waals surface area contributed by atoms with Crippen molar-refractivity contribution >= 4 is 23.4 Å². The van der Waals surface area contributed by atoms with Crippen LogP contribution in [-0.2, 0) is 5.75 Å². The SMILES string of the molecule is COc1ccc(C#CCO)c(CSc2cccc(Cl)c2)c1. The molecule has 21 heavy (non-hydrogen) atoms. The summed E-state index contributed by atoms with van der Waals surface area (Å²) in [5.74, 6) is 7.21. The molecule has 1 N–H and O–H groups in total. The molecule has 2 aromatic carbocycles. The Balaban J connectivity index is 2.20. The van der Waals surface area contributed by atoms with E-state index in [1.165, 1.54) is 0 Å². The monoisotopic (exact) mass is 318 g/mol. The van der Waals surface area contributed by atoms with Crippen molar-refractivity contribution in [3.05, 3.63) is 58.6 Å². The number of aliphatic hydroxyl groups excluding tert-OH is 1. The van der Waals surface area contributed by atoms with Gasteiger partial charge in [-0.15, -0.1) is 11.8 Å². The summed E-state index contributed by atoms with van der Waals surface area (Å²) in [6.45, 7) is -0.146. The second-order valence-corrected chi connectivity index (χ2v) is 5.71. The zero-order valence-corrected chi connectivity index (χ0v) is 13.2. The number of halogens is 1. The number of hydrogen-bond donors (Lipinski definition) is 1. The molecule has 108 valence electrons. The maximum atomic E-state index is 8.84. The van der Waals surface area contributed by atoms with Gasteiger partial charge < -0.3 is 9.84 Å². The number of thioether (sulfide) groups is 1. The molecule has 0 spiro atoms. The molecule has 0 saturated carbocycles. The third-order valence-corrected chi connectivity index (χ3v) is 4.08. The van der Waals surface area contributed by atoms with Gasteiger partial charge in [0.05, 0.1) is 7.11 Å². The summed E-state index contributed by atoms with van der Waals surface area (Å²) in [6, 6.07) is 13.5. The van der Waals surface area contributed by atoms with Crippen LogP contribution < -0.4 is 4.74 Å². The van der Waals surface area contributed by atoms with E-state index in [4.69, 9.17) is 21.4 Å². The molecule has 0 radical (unpaired) electrons. The lowest BCUT2D eigenvalue weighted by molar-refractivity contribution is 0.350.